The van der Waals surface area contributed by atoms with E-state index < -0.39 is 23.0 Å². The SMILES string of the molecule is Cc1ncc(OC[C@@]2(c3cccc(F)c3)C[C@H]2C(=O)Nc2ccc(F)cn2)c(CO[11CH3])n1. The molecule has 1 aliphatic rings. The predicted octanol–water partition coefficient (Wildman–Crippen LogP) is 3.58. The molecule has 7 nitrogen and oxygen atoms in total. The Morgan fingerprint density at radius 2 is 2.03 bits per heavy atom. The van der Waals surface area contributed by atoms with Gasteiger partial charge in [-0.2, -0.15) is 0 Å². The second-order valence-electron chi connectivity index (χ2n) is 7.72. The normalized spacial score (nSPS) is 19.4. The van der Waals surface area contributed by atoms with Gasteiger partial charge in [-0.15, -0.1) is 0 Å². The van der Waals surface area contributed by atoms with Crippen LogP contribution in [0.25, 0.3) is 0 Å². The summed E-state index contributed by atoms with van der Waals surface area (Å²) in [5, 5.41) is 2.70. The van der Waals surface area contributed by atoms with Gasteiger partial charge in [-0.25, -0.2) is 23.7 Å². The Morgan fingerprint density at radius 3 is 2.75 bits per heavy atom. The molecule has 32 heavy (non-hydrogen) atoms. The Labute approximate surface area is 183 Å². The van der Waals surface area contributed by atoms with E-state index in [1.54, 1.807) is 32.4 Å². The molecule has 0 aliphatic heterocycles. The first-order chi connectivity index (χ1) is 15.4. The van der Waals surface area contributed by atoms with E-state index in [2.05, 4.69) is 20.3 Å². The second-order valence-corrected chi connectivity index (χ2v) is 7.72. The number of anilines is 1. The highest BCUT2D eigenvalue weighted by Crippen LogP contribution is 2.55. The number of benzene rings is 1. The number of pyridine rings is 1. The fourth-order valence-electron chi connectivity index (χ4n) is 3.75. The van der Waals surface area contributed by atoms with E-state index >= 15 is 0 Å². The maximum Gasteiger partial charge on any atom is 0.229 e. The van der Waals surface area contributed by atoms with Gasteiger partial charge in [0.25, 0.3) is 0 Å². The van der Waals surface area contributed by atoms with E-state index in [4.69, 9.17) is 9.47 Å². The van der Waals surface area contributed by atoms with E-state index in [-0.39, 0.29) is 24.9 Å². The number of aromatic nitrogens is 3. The molecular weight excluding hydrogens is 417 g/mol. The molecule has 2 atom stereocenters. The number of hydrogen-bond donors (Lipinski definition) is 1. The number of carbonyl (C=O) groups is 1. The van der Waals surface area contributed by atoms with Crippen molar-refractivity contribution in [2.75, 3.05) is 19.0 Å². The van der Waals surface area contributed by atoms with Crippen molar-refractivity contribution in [1.82, 2.24) is 15.0 Å². The Balaban J connectivity index is 1.57. The third kappa shape index (κ3) is 4.57. The molecule has 2 heterocycles. The molecular formula is C23H22F2N4O3. The van der Waals surface area contributed by atoms with Gasteiger partial charge in [0.1, 0.15) is 29.0 Å². The molecule has 1 aromatic carbocycles. The van der Waals surface area contributed by atoms with Crippen LogP contribution in [0.4, 0.5) is 14.6 Å². The zero-order chi connectivity index (χ0) is 22.7. The number of halogens is 2. The molecule has 3 aromatic rings. The largest absolute Gasteiger partial charge is 0.489 e. The topological polar surface area (TPSA) is 86.2 Å². The van der Waals surface area contributed by atoms with Gasteiger partial charge in [0.2, 0.25) is 5.91 Å². The first-order valence-electron chi connectivity index (χ1n) is 10.0. The number of rotatable bonds is 8. The van der Waals surface area contributed by atoms with Gasteiger partial charge >= 0.3 is 0 Å². The molecule has 1 amide bonds. The third-order valence-corrected chi connectivity index (χ3v) is 5.49. The summed E-state index contributed by atoms with van der Waals surface area (Å²) >= 11 is 0. The molecule has 166 valence electrons. The molecule has 1 aliphatic carbocycles. The van der Waals surface area contributed by atoms with Gasteiger partial charge in [0.05, 0.1) is 31.5 Å². The van der Waals surface area contributed by atoms with Crippen LogP contribution in [0.15, 0.2) is 48.8 Å². The molecule has 9 heteroatoms. The van der Waals surface area contributed by atoms with Crippen LogP contribution in [-0.2, 0) is 21.6 Å². The van der Waals surface area contributed by atoms with E-state index in [0.29, 0.717) is 29.3 Å². The minimum atomic E-state index is -0.735. The van der Waals surface area contributed by atoms with E-state index in [1.165, 1.54) is 24.3 Å². The molecule has 4 rings (SSSR count). The van der Waals surface area contributed by atoms with Crippen molar-refractivity contribution in [3.8, 4) is 5.75 Å². The van der Waals surface area contributed by atoms with Crippen LogP contribution in [0.2, 0.25) is 0 Å². The zero-order valence-electron chi connectivity index (χ0n) is 17.6. The summed E-state index contributed by atoms with van der Waals surface area (Å²) in [5.74, 6) is -0.399. The zero-order valence-corrected chi connectivity index (χ0v) is 17.6. The summed E-state index contributed by atoms with van der Waals surface area (Å²) in [6.45, 7) is 2.13. The summed E-state index contributed by atoms with van der Waals surface area (Å²) in [5.41, 5.74) is 0.513. The maximum absolute atomic E-state index is 14.0. The average Bonchev–Trinajstić information content (AvgIpc) is 3.51. The van der Waals surface area contributed by atoms with Crippen LogP contribution in [0.3, 0.4) is 0 Å². The predicted molar refractivity (Wildman–Crippen MR) is 112 cm³/mol. The number of nitrogens with one attached hydrogen (secondary N) is 1. The fourth-order valence-corrected chi connectivity index (χ4v) is 3.75. The van der Waals surface area contributed by atoms with Crippen molar-refractivity contribution in [3.05, 3.63) is 77.5 Å². The Bertz CT molecular complexity index is 1130. The lowest BCUT2D eigenvalue weighted by Crippen LogP contribution is -2.27. The number of methoxy groups -OCH3 is 1. The first-order valence-corrected chi connectivity index (χ1v) is 10.0. The summed E-state index contributed by atoms with van der Waals surface area (Å²) < 4.78 is 38.3. The molecule has 0 saturated heterocycles. The van der Waals surface area contributed by atoms with Crippen molar-refractivity contribution in [2.45, 2.75) is 25.4 Å². The van der Waals surface area contributed by atoms with Crippen molar-refractivity contribution in [2.24, 2.45) is 5.92 Å². The molecule has 0 spiro atoms. The number of ether oxygens (including phenoxy) is 2. The first kappa shape index (κ1) is 21.8. The quantitative estimate of drug-likeness (QED) is 0.578. The number of nitrogens with zero attached hydrogens (tertiary/aromatic N) is 3. The van der Waals surface area contributed by atoms with Crippen LogP contribution in [-0.4, -0.2) is 34.6 Å². The van der Waals surface area contributed by atoms with Crippen LogP contribution in [0.5, 0.6) is 5.75 Å². The van der Waals surface area contributed by atoms with Crippen molar-refractivity contribution >= 4 is 11.7 Å². The molecule has 0 radical (unpaired) electrons. The molecule has 1 fully saturated rings. The lowest BCUT2D eigenvalue weighted by atomic mass is 9.93. The summed E-state index contributed by atoms with van der Waals surface area (Å²) in [6.07, 6.45) is 3.05. The van der Waals surface area contributed by atoms with Crippen LogP contribution in [0.1, 0.15) is 23.5 Å². The average molecular weight is 439 g/mol. The molecule has 2 aromatic heterocycles. The molecule has 1 N–H and O–H groups in total. The van der Waals surface area contributed by atoms with Gasteiger partial charge in [0.15, 0.2) is 5.75 Å². The number of amides is 1. The van der Waals surface area contributed by atoms with Crippen molar-refractivity contribution in [1.29, 1.82) is 0 Å². The highest BCUT2D eigenvalue weighted by atomic mass is 19.1. The van der Waals surface area contributed by atoms with Crippen LogP contribution < -0.4 is 10.1 Å². The van der Waals surface area contributed by atoms with Gasteiger partial charge in [-0.1, -0.05) is 12.1 Å². The second kappa shape index (κ2) is 8.96. The van der Waals surface area contributed by atoms with Gasteiger partial charge < -0.3 is 14.8 Å². The van der Waals surface area contributed by atoms with Crippen LogP contribution >= 0.6 is 0 Å². The Hall–Kier alpha value is -3.46. The Kier molecular flexibility index (Phi) is 6.09. The minimum Gasteiger partial charge on any atom is -0.489 e. The number of aryl methyl sites for hydroxylation is 1. The highest BCUT2D eigenvalue weighted by molar-refractivity contribution is 5.95. The van der Waals surface area contributed by atoms with Gasteiger partial charge in [-0.3, -0.25) is 4.79 Å². The minimum absolute atomic E-state index is 0.120. The maximum atomic E-state index is 14.0. The number of carbonyl (C=O) groups excluding carboxylic acids is 1. The smallest absolute Gasteiger partial charge is 0.229 e. The van der Waals surface area contributed by atoms with Gasteiger partial charge in [-0.05, 0) is 43.2 Å². The number of hydrogen-bond acceptors (Lipinski definition) is 6. The monoisotopic (exact) mass is 439 g/mol. The van der Waals surface area contributed by atoms with E-state index in [9.17, 15) is 13.6 Å². The Morgan fingerprint density at radius 1 is 1.19 bits per heavy atom. The lowest BCUT2D eigenvalue weighted by Gasteiger charge is -2.20. The van der Waals surface area contributed by atoms with E-state index in [0.717, 1.165) is 6.20 Å². The summed E-state index contributed by atoms with van der Waals surface area (Å²) in [4.78, 5) is 25.3. The lowest BCUT2D eigenvalue weighted by molar-refractivity contribution is -0.117. The third-order valence-electron chi connectivity index (χ3n) is 5.49. The molecule has 0 bridgehead atoms. The van der Waals surface area contributed by atoms with E-state index in [1.807, 2.05) is 0 Å². The summed E-state index contributed by atoms with van der Waals surface area (Å²) in [7, 11) is 1.56. The van der Waals surface area contributed by atoms with Gasteiger partial charge in [0, 0.05) is 12.5 Å². The van der Waals surface area contributed by atoms with Crippen LogP contribution in [0, 0.1) is 24.5 Å². The molecule has 0 unspecified atom stereocenters. The fraction of sp³-hybridized carbons (Fsp3) is 0.304. The summed E-state index contributed by atoms with van der Waals surface area (Å²) in [6, 6.07) is 8.74. The molecule has 1 saturated carbocycles. The highest BCUT2D eigenvalue weighted by Gasteiger charge is 2.60. The van der Waals surface area contributed by atoms with Crippen molar-refractivity contribution < 1.29 is 23.0 Å². The van der Waals surface area contributed by atoms with Crippen molar-refractivity contribution in [3.63, 3.8) is 0 Å². The standard InChI is InChI=1S/C23H22F2N4O3/c1-14-26-11-20(19(28-14)12-31-2)32-13-23(15-4-3-5-16(24)8-15)9-18(23)22(30)29-21-7-6-17(25)10-27-21/h3-8,10-11,18H,9,12-13H2,1-2H3,(H,27,29,30)/t18-,23+/m0/s1/i2-1.